The number of terminal acetylenes is 1. The van der Waals surface area contributed by atoms with Gasteiger partial charge in [-0.3, -0.25) is 18.5 Å². The first kappa shape index (κ1) is 23.1. The number of hydrogen-bond donors (Lipinski definition) is 1. The van der Waals surface area contributed by atoms with Gasteiger partial charge in [0, 0.05) is 25.2 Å². The number of fused-ring (bicyclic) bond motifs is 1. The molecule has 0 aliphatic rings. The summed E-state index contributed by atoms with van der Waals surface area (Å²) in [7, 11) is 1.53. The highest BCUT2D eigenvalue weighted by Gasteiger charge is 2.22. The van der Waals surface area contributed by atoms with Crippen LogP contribution in [0.5, 0.6) is 6.01 Å². The fourth-order valence-corrected chi connectivity index (χ4v) is 3.23. The van der Waals surface area contributed by atoms with Crippen molar-refractivity contribution in [2.24, 2.45) is 7.05 Å². The fraction of sp³-hybridized carbons (Fsp3) is 0.261. The Balaban J connectivity index is 2.26. The number of hydrogen-bond acceptors (Lipinski definition) is 5. The second kappa shape index (κ2) is 10.2. The van der Waals surface area contributed by atoms with Gasteiger partial charge in [0.25, 0.3) is 5.56 Å². The Bertz CT molecular complexity index is 1340. The van der Waals surface area contributed by atoms with Gasteiger partial charge in [-0.25, -0.2) is 4.79 Å². The van der Waals surface area contributed by atoms with Gasteiger partial charge in [0.1, 0.15) is 0 Å². The molecule has 0 spiro atoms. The van der Waals surface area contributed by atoms with E-state index < -0.39 is 11.2 Å². The molecule has 9 heteroatoms. The van der Waals surface area contributed by atoms with Crippen molar-refractivity contribution in [2.75, 3.05) is 6.61 Å². The Morgan fingerprint density at radius 3 is 2.59 bits per heavy atom. The average Bonchev–Trinajstić information content (AvgIpc) is 3.13. The highest BCUT2D eigenvalue weighted by molar-refractivity contribution is 6.29. The van der Waals surface area contributed by atoms with Gasteiger partial charge < -0.3 is 9.84 Å². The second-order valence-corrected chi connectivity index (χ2v) is 7.64. The van der Waals surface area contributed by atoms with Crippen LogP contribution in [-0.4, -0.2) is 30.4 Å². The molecular weight excluding hydrogens is 432 g/mol. The Hall–Kier alpha value is -3.54. The van der Waals surface area contributed by atoms with Crippen molar-refractivity contribution < 1.29 is 9.84 Å². The summed E-state index contributed by atoms with van der Waals surface area (Å²) in [4.78, 5) is 30.4. The number of benzene rings is 1. The Labute approximate surface area is 189 Å². The molecule has 0 radical (unpaired) electrons. The number of allylic oxidation sites excluding steroid dienone is 4. The molecule has 0 amide bonds. The summed E-state index contributed by atoms with van der Waals surface area (Å²) >= 11 is 5.87. The molecule has 0 bridgehead atoms. The highest BCUT2D eigenvalue weighted by Crippen LogP contribution is 2.21. The third kappa shape index (κ3) is 4.85. The number of nitrogens with zero attached hydrogens (tertiary/aromatic N) is 4. The summed E-state index contributed by atoms with van der Waals surface area (Å²) in [5.74, 6) is 2.56. The van der Waals surface area contributed by atoms with E-state index in [2.05, 4.69) is 10.9 Å². The van der Waals surface area contributed by atoms with Gasteiger partial charge in [-0.15, -0.1) is 6.42 Å². The molecule has 1 aromatic carbocycles. The van der Waals surface area contributed by atoms with Crippen molar-refractivity contribution in [3.05, 3.63) is 79.7 Å². The minimum atomic E-state index is -0.528. The van der Waals surface area contributed by atoms with Crippen LogP contribution in [0, 0.1) is 12.3 Å². The van der Waals surface area contributed by atoms with Crippen molar-refractivity contribution in [1.29, 1.82) is 0 Å². The summed E-state index contributed by atoms with van der Waals surface area (Å²) in [5, 5.41) is 9.67. The lowest BCUT2D eigenvalue weighted by Crippen LogP contribution is -2.39. The molecule has 3 rings (SSSR count). The maximum absolute atomic E-state index is 13.3. The lowest BCUT2D eigenvalue weighted by Gasteiger charge is -2.11. The first-order valence-electron chi connectivity index (χ1n) is 9.90. The van der Waals surface area contributed by atoms with Crippen LogP contribution in [0.4, 0.5) is 0 Å². The zero-order valence-electron chi connectivity index (χ0n) is 17.8. The number of aryl methyl sites for hydroxylation is 1. The predicted molar refractivity (Wildman–Crippen MR) is 124 cm³/mol. The SMILES string of the molecule is C#C/C(=C\C=C(/C)Cl)Oc1nc2c(c(=O)n(CCCO)c(=O)n2C)n1Cc1ccccc1. The normalized spacial score (nSPS) is 12.2. The maximum atomic E-state index is 13.3. The molecule has 3 aromatic rings. The van der Waals surface area contributed by atoms with Crippen LogP contribution >= 0.6 is 11.6 Å². The number of halogens is 1. The monoisotopic (exact) mass is 454 g/mol. The van der Waals surface area contributed by atoms with Crippen LogP contribution < -0.4 is 16.0 Å². The van der Waals surface area contributed by atoms with Crippen LogP contribution in [0.3, 0.4) is 0 Å². The van der Waals surface area contributed by atoms with Crippen molar-refractivity contribution in [2.45, 2.75) is 26.4 Å². The molecule has 0 aliphatic heterocycles. The number of aliphatic hydroxyl groups is 1. The van der Waals surface area contributed by atoms with Crippen molar-refractivity contribution in [3.8, 4) is 18.4 Å². The van der Waals surface area contributed by atoms with Crippen molar-refractivity contribution in [1.82, 2.24) is 18.7 Å². The topological polar surface area (TPSA) is 91.3 Å². The molecule has 166 valence electrons. The van der Waals surface area contributed by atoms with E-state index in [0.717, 1.165) is 10.1 Å². The summed E-state index contributed by atoms with van der Waals surface area (Å²) in [6.45, 7) is 1.90. The smallest absolute Gasteiger partial charge is 0.332 e. The minimum Gasteiger partial charge on any atom is -0.416 e. The number of aromatic nitrogens is 4. The van der Waals surface area contributed by atoms with Crippen LogP contribution in [0.25, 0.3) is 11.2 Å². The zero-order chi connectivity index (χ0) is 23.3. The van der Waals surface area contributed by atoms with Gasteiger partial charge in [-0.05, 0) is 37.0 Å². The average molecular weight is 455 g/mol. The van der Waals surface area contributed by atoms with Crippen LogP contribution in [0.2, 0.25) is 0 Å². The molecule has 0 unspecified atom stereocenters. The molecule has 0 fully saturated rings. The predicted octanol–water partition coefficient (Wildman–Crippen LogP) is 2.37. The summed E-state index contributed by atoms with van der Waals surface area (Å²) in [6, 6.07) is 9.52. The molecule has 2 aromatic heterocycles. The Morgan fingerprint density at radius 1 is 1.25 bits per heavy atom. The molecule has 32 heavy (non-hydrogen) atoms. The van der Waals surface area contributed by atoms with Gasteiger partial charge in [0.05, 0.1) is 6.54 Å². The Kier molecular flexibility index (Phi) is 7.36. The molecular formula is C23H23ClN4O4. The van der Waals surface area contributed by atoms with E-state index in [1.807, 2.05) is 30.3 Å². The number of imidazole rings is 1. The second-order valence-electron chi connectivity index (χ2n) is 7.04. The van der Waals surface area contributed by atoms with E-state index in [1.165, 1.54) is 17.7 Å². The standard InChI is InChI=1S/C23H23ClN4O4/c1-4-18(12-11-16(2)24)32-22-25-20-19(28(22)15-17-9-6-5-7-10-17)21(30)27(13-8-14-29)23(31)26(20)3/h1,5-7,9-12,29H,8,13-15H2,2-3H3/b16-11+,18-12+. The molecule has 0 aliphatic carbocycles. The van der Waals surface area contributed by atoms with Crippen molar-refractivity contribution >= 4 is 22.8 Å². The van der Waals surface area contributed by atoms with Crippen LogP contribution in [0.15, 0.2) is 62.9 Å². The van der Waals surface area contributed by atoms with E-state index in [-0.39, 0.29) is 49.1 Å². The van der Waals surface area contributed by atoms with Crippen LogP contribution in [-0.2, 0) is 20.1 Å². The van der Waals surface area contributed by atoms with E-state index in [9.17, 15) is 9.59 Å². The summed E-state index contributed by atoms with van der Waals surface area (Å²) in [5.41, 5.74) is 0.225. The first-order chi connectivity index (χ1) is 15.4. The number of rotatable bonds is 8. The van der Waals surface area contributed by atoms with Gasteiger partial charge in [-0.2, -0.15) is 4.98 Å². The zero-order valence-corrected chi connectivity index (χ0v) is 18.5. The lowest BCUT2D eigenvalue weighted by atomic mass is 10.2. The van der Waals surface area contributed by atoms with E-state index in [0.29, 0.717) is 5.03 Å². The molecule has 0 atom stereocenters. The molecule has 1 N–H and O–H groups in total. The van der Waals surface area contributed by atoms with Gasteiger partial charge in [0.2, 0.25) is 0 Å². The van der Waals surface area contributed by atoms with E-state index >= 15 is 0 Å². The van der Waals surface area contributed by atoms with Crippen molar-refractivity contribution in [3.63, 3.8) is 0 Å². The maximum Gasteiger partial charge on any atom is 0.332 e. The lowest BCUT2D eigenvalue weighted by molar-refractivity contribution is 0.277. The largest absolute Gasteiger partial charge is 0.416 e. The fourth-order valence-electron chi connectivity index (χ4n) is 3.17. The molecule has 0 saturated carbocycles. The quantitative estimate of drug-likeness (QED) is 0.320. The molecule has 8 nitrogen and oxygen atoms in total. The van der Waals surface area contributed by atoms with E-state index in [1.54, 1.807) is 17.6 Å². The Morgan fingerprint density at radius 2 is 1.97 bits per heavy atom. The van der Waals surface area contributed by atoms with Gasteiger partial charge in [-0.1, -0.05) is 41.9 Å². The minimum absolute atomic E-state index is 0.0701. The number of ether oxygens (including phenoxy) is 1. The third-order valence-electron chi connectivity index (χ3n) is 4.73. The first-order valence-corrected chi connectivity index (χ1v) is 10.3. The molecule has 2 heterocycles. The molecule has 0 saturated heterocycles. The van der Waals surface area contributed by atoms with Gasteiger partial charge in [0.15, 0.2) is 16.9 Å². The summed E-state index contributed by atoms with van der Waals surface area (Å²) in [6.07, 6.45) is 8.94. The van der Waals surface area contributed by atoms with Gasteiger partial charge >= 0.3 is 11.7 Å². The number of aliphatic hydroxyl groups excluding tert-OH is 1. The van der Waals surface area contributed by atoms with Crippen LogP contribution in [0.1, 0.15) is 18.9 Å². The van der Waals surface area contributed by atoms with E-state index in [4.69, 9.17) is 27.9 Å². The highest BCUT2D eigenvalue weighted by atomic mass is 35.5. The third-order valence-corrected chi connectivity index (χ3v) is 4.85. The summed E-state index contributed by atoms with van der Waals surface area (Å²) < 4.78 is 9.80.